The lowest BCUT2D eigenvalue weighted by molar-refractivity contribution is -0.132. The monoisotopic (exact) mass is 357 g/mol. The predicted molar refractivity (Wildman–Crippen MR) is 96.1 cm³/mol. The number of aromatic nitrogens is 2. The highest BCUT2D eigenvalue weighted by molar-refractivity contribution is 5.76. The molecule has 0 unspecified atom stereocenters. The van der Waals surface area contributed by atoms with Crippen molar-refractivity contribution in [1.82, 2.24) is 14.5 Å². The molecule has 2 aromatic rings. The summed E-state index contributed by atoms with van der Waals surface area (Å²) in [6, 6.07) is 9.46. The van der Waals surface area contributed by atoms with Gasteiger partial charge in [-0.1, -0.05) is 17.7 Å². The number of hydrogen-bond acceptors (Lipinski definition) is 5. The number of carbonyl (C=O) groups is 1. The summed E-state index contributed by atoms with van der Waals surface area (Å²) >= 11 is 0. The summed E-state index contributed by atoms with van der Waals surface area (Å²) in [5, 5.41) is 0. The van der Waals surface area contributed by atoms with Crippen molar-refractivity contribution in [3.8, 4) is 5.75 Å². The molecule has 1 fully saturated rings. The van der Waals surface area contributed by atoms with Crippen LogP contribution in [0.3, 0.4) is 0 Å². The van der Waals surface area contributed by atoms with E-state index in [2.05, 4.69) is 4.98 Å². The maximum absolute atomic E-state index is 12.5. The van der Waals surface area contributed by atoms with E-state index in [4.69, 9.17) is 9.47 Å². The molecule has 1 saturated heterocycles. The van der Waals surface area contributed by atoms with Crippen LogP contribution in [-0.2, 0) is 16.1 Å². The molecule has 0 bridgehead atoms. The van der Waals surface area contributed by atoms with Gasteiger partial charge in [-0.3, -0.25) is 9.36 Å². The van der Waals surface area contributed by atoms with Crippen molar-refractivity contribution in [1.29, 1.82) is 0 Å². The van der Waals surface area contributed by atoms with Gasteiger partial charge in [0.05, 0.1) is 6.54 Å². The highest BCUT2D eigenvalue weighted by Gasteiger charge is 2.41. The molecule has 1 aliphatic heterocycles. The molecule has 1 aromatic carbocycles. The van der Waals surface area contributed by atoms with Crippen molar-refractivity contribution in [3.05, 3.63) is 58.8 Å². The molecule has 0 aliphatic carbocycles. The number of amides is 1. The van der Waals surface area contributed by atoms with E-state index in [0.29, 0.717) is 26.1 Å². The van der Waals surface area contributed by atoms with Gasteiger partial charge < -0.3 is 14.4 Å². The van der Waals surface area contributed by atoms with Gasteiger partial charge in [0.25, 0.3) is 0 Å². The highest BCUT2D eigenvalue weighted by Crippen LogP contribution is 2.26. The lowest BCUT2D eigenvalue weighted by atomic mass is 10.0. The second kappa shape index (κ2) is 7.70. The van der Waals surface area contributed by atoms with Gasteiger partial charge in [-0.05, 0) is 31.5 Å². The van der Waals surface area contributed by atoms with Gasteiger partial charge in [-0.2, -0.15) is 0 Å². The Bertz CT molecular complexity index is 818. The van der Waals surface area contributed by atoms with E-state index in [-0.39, 0.29) is 12.5 Å². The molecule has 26 heavy (non-hydrogen) atoms. The van der Waals surface area contributed by atoms with Crippen LogP contribution in [0.25, 0.3) is 0 Å². The minimum atomic E-state index is -0.541. The fraction of sp³-hybridized carbons (Fsp3) is 0.421. The Kier molecular flexibility index (Phi) is 5.37. The Morgan fingerprint density at radius 3 is 2.77 bits per heavy atom. The van der Waals surface area contributed by atoms with E-state index in [1.54, 1.807) is 24.3 Å². The summed E-state index contributed by atoms with van der Waals surface area (Å²) in [7, 11) is 1.64. The minimum Gasteiger partial charge on any atom is -0.491 e. The molecule has 3 rings (SSSR count). The molecule has 0 N–H and O–H groups in total. The number of aryl methyl sites for hydroxylation is 1. The quantitative estimate of drug-likeness (QED) is 0.778. The van der Waals surface area contributed by atoms with Crippen molar-refractivity contribution in [2.24, 2.45) is 0 Å². The zero-order valence-corrected chi connectivity index (χ0v) is 15.1. The number of benzene rings is 1. The molecular formula is C19H23N3O4. The Hall–Kier alpha value is -2.67. The first-order chi connectivity index (χ1) is 12.5. The largest absolute Gasteiger partial charge is 0.491 e. The van der Waals surface area contributed by atoms with E-state index in [9.17, 15) is 9.59 Å². The average Bonchev–Trinajstić information content (AvgIpc) is 3.08. The topological polar surface area (TPSA) is 73.7 Å². The van der Waals surface area contributed by atoms with Crippen LogP contribution in [0, 0.1) is 6.92 Å². The summed E-state index contributed by atoms with van der Waals surface area (Å²) in [6.45, 7) is 3.37. The van der Waals surface area contributed by atoms with Gasteiger partial charge in [0.2, 0.25) is 5.91 Å². The van der Waals surface area contributed by atoms with Crippen LogP contribution >= 0.6 is 0 Å². The predicted octanol–water partition coefficient (Wildman–Crippen LogP) is 1.25. The first kappa shape index (κ1) is 18.1. The number of ether oxygens (including phenoxy) is 2. The third-order valence-electron chi connectivity index (χ3n) is 4.71. The Morgan fingerprint density at radius 1 is 1.31 bits per heavy atom. The van der Waals surface area contributed by atoms with Crippen molar-refractivity contribution in [2.45, 2.75) is 25.5 Å². The summed E-state index contributed by atoms with van der Waals surface area (Å²) in [4.78, 5) is 29.6. The van der Waals surface area contributed by atoms with Gasteiger partial charge in [0.1, 0.15) is 24.5 Å². The van der Waals surface area contributed by atoms with Crippen LogP contribution < -0.4 is 10.4 Å². The zero-order valence-electron chi connectivity index (χ0n) is 15.1. The van der Waals surface area contributed by atoms with Crippen LogP contribution in [0.15, 0.2) is 47.5 Å². The van der Waals surface area contributed by atoms with E-state index >= 15 is 0 Å². The lowest BCUT2D eigenvalue weighted by Gasteiger charge is -2.28. The third-order valence-corrected chi connectivity index (χ3v) is 4.71. The molecule has 0 spiro atoms. The van der Waals surface area contributed by atoms with E-state index in [1.165, 1.54) is 16.3 Å². The van der Waals surface area contributed by atoms with E-state index in [0.717, 1.165) is 5.75 Å². The molecule has 7 nitrogen and oxygen atoms in total. The Morgan fingerprint density at radius 2 is 2.08 bits per heavy atom. The third kappa shape index (κ3) is 4.11. The number of carbonyl (C=O) groups excluding carboxylic acids is 1. The van der Waals surface area contributed by atoms with Crippen LogP contribution in [0.5, 0.6) is 5.75 Å². The summed E-state index contributed by atoms with van der Waals surface area (Å²) in [5.41, 5.74) is 0.198. The maximum Gasteiger partial charge on any atom is 0.347 e. The number of methoxy groups -OCH3 is 1. The average molecular weight is 357 g/mol. The van der Waals surface area contributed by atoms with Crippen molar-refractivity contribution in [3.63, 3.8) is 0 Å². The fourth-order valence-corrected chi connectivity index (χ4v) is 3.00. The summed E-state index contributed by atoms with van der Waals surface area (Å²) in [6.07, 6.45) is 3.66. The summed E-state index contributed by atoms with van der Waals surface area (Å²) < 4.78 is 12.9. The molecule has 0 saturated carbocycles. The molecule has 7 heteroatoms. The van der Waals surface area contributed by atoms with Gasteiger partial charge in [-0.25, -0.2) is 9.78 Å². The number of likely N-dealkylation sites (tertiary alicyclic amines) is 1. The molecule has 138 valence electrons. The summed E-state index contributed by atoms with van der Waals surface area (Å²) in [5.74, 6) is 0.646. The van der Waals surface area contributed by atoms with Gasteiger partial charge >= 0.3 is 5.69 Å². The lowest BCUT2D eigenvalue weighted by Crippen LogP contribution is -2.43. The molecule has 1 aromatic heterocycles. The molecule has 1 aliphatic rings. The van der Waals surface area contributed by atoms with Crippen LogP contribution in [-0.4, -0.2) is 52.8 Å². The molecule has 0 radical (unpaired) electrons. The first-order valence-electron chi connectivity index (χ1n) is 8.55. The van der Waals surface area contributed by atoms with Crippen LogP contribution in [0.4, 0.5) is 0 Å². The standard InChI is InChI=1S/C19H23N3O4/c1-15-4-6-16(7-5-15)26-14-19(25-2)8-11-22(13-19)17(23)12-21-10-3-9-20-18(21)24/h3-7,9-10H,8,11-14H2,1-2H3/t19-/m1/s1. The Balaban J connectivity index is 1.61. The SMILES string of the molecule is CO[C@]1(COc2ccc(C)cc2)CCN(C(=O)Cn2cccnc2=O)C1. The second-order valence-electron chi connectivity index (χ2n) is 6.58. The molecular weight excluding hydrogens is 334 g/mol. The van der Waals surface area contributed by atoms with Crippen molar-refractivity contribution >= 4 is 5.91 Å². The number of nitrogens with zero attached hydrogens (tertiary/aromatic N) is 3. The van der Waals surface area contributed by atoms with E-state index < -0.39 is 11.3 Å². The maximum atomic E-state index is 12.5. The smallest absolute Gasteiger partial charge is 0.347 e. The van der Waals surface area contributed by atoms with Crippen LogP contribution in [0.1, 0.15) is 12.0 Å². The Labute approximate surface area is 152 Å². The number of rotatable bonds is 6. The molecule has 1 amide bonds. The van der Waals surface area contributed by atoms with E-state index in [1.807, 2.05) is 31.2 Å². The molecule has 2 heterocycles. The van der Waals surface area contributed by atoms with Gasteiger partial charge in [-0.15, -0.1) is 0 Å². The fourth-order valence-electron chi connectivity index (χ4n) is 3.00. The molecule has 1 atom stereocenters. The normalized spacial score (nSPS) is 19.5. The minimum absolute atomic E-state index is 0.0225. The van der Waals surface area contributed by atoms with Crippen molar-refractivity contribution in [2.75, 3.05) is 26.8 Å². The zero-order chi connectivity index (χ0) is 18.6. The van der Waals surface area contributed by atoms with Gasteiger partial charge in [0.15, 0.2) is 0 Å². The van der Waals surface area contributed by atoms with Crippen molar-refractivity contribution < 1.29 is 14.3 Å². The first-order valence-corrected chi connectivity index (χ1v) is 8.55. The second-order valence-corrected chi connectivity index (χ2v) is 6.58. The van der Waals surface area contributed by atoms with Gasteiger partial charge in [0, 0.05) is 26.0 Å². The van der Waals surface area contributed by atoms with Crippen LogP contribution in [0.2, 0.25) is 0 Å². The number of hydrogen-bond donors (Lipinski definition) is 0. The highest BCUT2D eigenvalue weighted by atomic mass is 16.5.